The molecule has 0 radical (unpaired) electrons. The summed E-state index contributed by atoms with van der Waals surface area (Å²) in [4.78, 5) is 35.0. The Bertz CT molecular complexity index is 1010. The number of unbranched alkanes of at least 4 members (excludes halogenated alkanes) is 10. The standard InChI is InChI=1S/C38H71O13P/c1-4-5-12-18-30(40)22-23-34-33(35(42)24-36(34)43)19-14-10-11-15-20-37(44)48-27-32(28-50-52(46,47)49-26-31(41)25-39)51-38(45)21-16-9-7-6-8-13-17-29(2)3/h22-23,29-36,39-43H,4-21,24-28H2,1-3H3,(H,46,47)/b23-22+/t30-,31-,32+,33+,34+,35-,36+/m0/s1. The molecule has 0 aromatic carbocycles. The van der Waals surface area contributed by atoms with Crippen molar-refractivity contribution in [2.24, 2.45) is 17.8 Å². The van der Waals surface area contributed by atoms with Crippen LogP contribution >= 0.6 is 7.82 Å². The molecule has 52 heavy (non-hydrogen) atoms. The van der Waals surface area contributed by atoms with Crippen LogP contribution in [0.3, 0.4) is 0 Å². The summed E-state index contributed by atoms with van der Waals surface area (Å²) in [6.45, 7) is 4.23. The molecule has 14 heteroatoms. The molecule has 0 bridgehead atoms. The summed E-state index contributed by atoms with van der Waals surface area (Å²) in [5, 5.41) is 49.6. The van der Waals surface area contributed by atoms with Gasteiger partial charge in [-0.15, -0.1) is 0 Å². The average Bonchev–Trinajstić information content (AvgIpc) is 3.37. The fourth-order valence-electron chi connectivity index (χ4n) is 6.33. The van der Waals surface area contributed by atoms with Gasteiger partial charge < -0.3 is 39.9 Å². The van der Waals surface area contributed by atoms with Gasteiger partial charge in [0, 0.05) is 25.2 Å². The van der Waals surface area contributed by atoms with E-state index < -0.39 is 70.1 Å². The summed E-state index contributed by atoms with van der Waals surface area (Å²) < 4.78 is 32.5. The van der Waals surface area contributed by atoms with Gasteiger partial charge in [0.05, 0.1) is 38.1 Å². The molecule has 0 aromatic rings. The van der Waals surface area contributed by atoms with Crippen molar-refractivity contribution in [2.75, 3.05) is 26.4 Å². The Labute approximate surface area is 312 Å². The van der Waals surface area contributed by atoms with Crippen molar-refractivity contribution in [1.29, 1.82) is 0 Å². The minimum absolute atomic E-state index is 0.0974. The SMILES string of the molecule is CCCCC[C@H](O)/C=C/[C@@H]1[C@@H](CCCCCCC(=O)OC[C@H](COP(=O)(O)OC[C@@H](O)CO)OC(=O)CCCCCCCCC(C)C)[C@@H](O)C[C@H]1O. The van der Waals surface area contributed by atoms with Gasteiger partial charge in [-0.2, -0.15) is 0 Å². The van der Waals surface area contributed by atoms with E-state index in [-0.39, 0.29) is 31.3 Å². The predicted octanol–water partition coefficient (Wildman–Crippen LogP) is 5.90. The van der Waals surface area contributed by atoms with Crippen LogP contribution in [0.1, 0.15) is 143 Å². The molecule has 13 nitrogen and oxygen atoms in total. The Morgan fingerprint density at radius 1 is 0.788 bits per heavy atom. The molecule has 0 saturated heterocycles. The summed E-state index contributed by atoms with van der Waals surface area (Å²) in [6, 6.07) is 0. The Hall–Kier alpha value is -1.41. The number of carbonyl (C=O) groups is 2. The summed E-state index contributed by atoms with van der Waals surface area (Å²) in [5.74, 6) is -0.683. The predicted molar refractivity (Wildman–Crippen MR) is 198 cm³/mol. The van der Waals surface area contributed by atoms with Crippen molar-refractivity contribution in [3.05, 3.63) is 12.2 Å². The number of carbonyl (C=O) groups excluding carboxylic acids is 2. The molecule has 6 N–H and O–H groups in total. The van der Waals surface area contributed by atoms with E-state index in [0.717, 1.165) is 64.2 Å². The van der Waals surface area contributed by atoms with Crippen molar-refractivity contribution in [1.82, 2.24) is 0 Å². The Kier molecular flexibility index (Phi) is 27.1. The molecule has 1 aliphatic carbocycles. The third-order valence-corrected chi connectivity index (χ3v) is 10.4. The second-order valence-electron chi connectivity index (χ2n) is 14.8. The zero-order valence-electron chi connectivity index (χ0n) is 32.0. The minimum Gasteiger partial charge on any atom is -0.462 e. The molecule has 0 aliphatic heterocycles. The zero-order chi connectivity index (χ0) is 38.8. The first-order valence-corrected chi connectivity index (χ1v) is 21.3. The Morgan fingerprint density at radius 3 is 2.04 bits per heavy atom. The lowest BCUT2D eigenvalue weighted by atomic mass is 9.88. The minimum atomic E-state index is -4.66. The van der Waals surface area contributed by atoms with Gasteiger partial charge in [0.25, 0.3) is 0 Å². The van der Waals surface area contributed by atoms with Crippen LogP contribution in [0.2, 0.25) is 0 Å². The van der Waals surface area contributed by atoms with Crippen LogP contribution in [0.15, 0.2) is 12.2 Å². The lowest BCUT2D eigenvalue weighted by molar-refractivity contribution is -0.161. The molecule has 1 saturated carbocycles. The van der Waals surface area contributed by atoms with E-state index in [9.17, 15) is 39.5 Å². The van der Waals surface area contributed by atoms with Gasteiger partial charge in [-0.3, -0.25) is 18.6 Å². The van der Waals surface area contributed by atoms with Crippen molar-refractivity contribution >= 4 is 19.8 Å². The van der Waals surface area contributed by atoms with Gasteiger partial charge in [0.1, 0.15) is 12.7 Å². The van der Waals surface area contributed by atoms with E-state index in [4.69, 9.17) is 19.1 Å². The van der Waals surface area contributed by atoms with E-state index in [2.05, 4.69) is 25.3 Å². The number of phosphoric ester groups is 1. The summed E-state index contributed by atoms with van der Waals surface area (Å²) in [5.41, 5.74) is 0. The van der Waals surface area contributed by atoms with Crippen LogP contribution in [0.5, 0.6) is 0 Å². The highest BCUT2D eigenvalue weighted by atomic mass is 31.2. The van der Waals surface area contributed by atoms with E-state index in [1.165, 1.54) is 12.8 Å². The van der Waals surface area contributed by atoms with Crippen LogP contribution in [0.25, 0.3) is 0 Å². The number of rotatable bonds is 32. The molecular weight excluding hydrogens is 695 g/mol. The van der Waals surface area contributed by atoms with E-state index in [0.29, 0.717) is 38.0 Å². The molecule has 0 heterocycles. The molecule has 1 rings (SSSR count). The van der Waals surface area contributed by atoms with Crippen LogP contribution in [-0.4, -0.2) is 99.3 Å². The normalized spacial score (nSPS) is 22.0. The maximum atomic E-state index is 12.5. The second-order valence-corrected chi connectivity index (χ2v) is 16.2. The lowest BCUT2D eigenvalue weighted by Gasteiger charge is -2.21. The van der Waals surface area contributed by atoms with Crippen molar-refractivity contribution in [2.45, 2.75) is 173 Å². The molecule has 0 amide bonds. The number of esters is 2. The van der Waals surface area contributed by atoms with Crippen molar-refractivity contribution < 1.29 is 63.1 Å². The first-order valence-electron chi connectivity index (χ1n) is 19.8. The molecule has 1 unspecified atom stereocenters. The molecule has 306 valence electrons. The first kappa shape index (κ1) is 48.6. The molecule has 1 fully saturated rings. The largest absolute Gasteiger partial charge is 0.472 e. The smallest absolute Gasteiger partial charge is 0.462 e. The number of hydrogen-bond acceptors (Lipinski definition) is 12. The molecule has 0 spiro atoms. The average molecular weight is 767 g/mol. The van der Waals surface area contributed by atoms with Gasteiger partial charge in [-0.05, 0) is 37.5 Å². The highest BCUT2D eigenvalue weighted by molar-refractivity contribution is 7.47. The molecule has 1 aliphatic rings. The molecule has 8 atom stereocenters. The number of aliphatic hydroxyl groups is 5. The molecular formula is C38H71O13P. The monoisotopic (exact) mass is 766 g/mol. The first-order chi connectivity index (χ1) is 24.8. The highest BCUT2D eigenvalue weighted by Crippen LogP contribution is 2.43. The van der Waals surface area contributed by atoms with Gasteiger partial charge >= 0.3 is 19.8 Å². The molecule has 0 aromatic heterocycles. The Morgan fingerprint density at radius 2 is 1.38 bits per heavy atom. The summed E-state index contributed by atoms with van der Waals surface area (Å²) in [7, 11) is -4.66. The van der Waals surface area contributed by atoms with Gasteiger partial charge in [0.2, 0.25) is 0 Å². The van der Waals surface area contributed by atoms with Crippen LogP contribution < -0.4 is 0 Å². The van der Waals surface area contributed by atoms with E-state index in [1.54, 1.807) is 6.08 Å². The van der Waals surface area contributed by atoms with Crippen LogP contribution in [0.4, 0.5) is 0 Å². The number of phosphoric acid groups is 1. The third-order valence-electron chi connectivity index (χ3n) is 9.45. The Balaban J connectivity index is 2.48. The second kappa shape index (κ2) is 29.0. The maximum absolute atomic E-state index is 12.5. The van der Waals surface area contributed by atoms with Crippen molar-refractivity contribution in [3.8, 4) is 0 Å². The van der Waals surface area contributed by atoms with E-state index in [1.807, 2.05) is 6.08 Å². The fraction of sp³-hybridized carbons (Fsp3) is 0.895. The maximum Gasteiger partial charge on any atom is 0.472 e. The van der Waals surface area contributed by atoms with Crippen molar-refractivity contribution in [3.63, 3.8) is 0 Å². The van der Waals surface area contributed by atoms with E-state index >= 15 is 0 Å². The number of hydrogen-bond donors (Lipinski definition) is 6. The number of aliphatic hydroxyl groups excluding tert-OH is 5. The lowest BCUT2D eigenvalue weighted by Crippen LogP contribution is -2.29. The highest BCUT2D eigenvalue weighted by Gasteiger charge is 2.39. The van der Waals surface area contributed by atoms with Crippen LogP contribution in [0, 0.1) is 17.8 Å². The number of ether oxygens (including phenoxy) is 2. The third kappa shape index (κ3) is 24.1. The quantitative estimate of drug-likeness (QED) is 0.0204. The zero-order valence-corrected chi connectivity index (χ0v) is 32.9. The van der Waals surface area contributed by atoms with Gasteiger partial charge in [-0.25, -0.2) is 4.57 Å². The van der Waals surface area contributed by atoms with Gasteiger partial charge in [-0.1, -0.05) is 110 Å². The topological polar surface area (TPSA) is 210 Å². The summed E-state index contributed by atoms with van der Waals surface area (Å²) >= 11 is 0. The summed E-state index contributed by atoms with van der Waals surface area (Å²) in [6.07, 6.45) is 14.4. The van der Waals surface area contributed by atoms with Crippen LogP contribution in [-0.2, 0) is 32.7 Å². The fourth-order valence-corrected chi connectivity index (χ4v) is 7.12. The van der Waals surface area contributed by atoms with Gasteiger partial charge in [0.15, 0.2) is 6.10 Å².